The maximum atomic E-state index is 14.0. The molecule has 2 saturated carbocycles. The Morgan fingerprint density at radius 3 is 1.61 bits per heavy atom. The fraction of sp³-hybridized carbons (Fsp3) is 0.312. The molecule has 0 aromatic heterocycles. The van der Waals surface area contributed by atoms with Gasteiger partial charge in [-0.3, -0.25) is 4.21 Å². The molecule has 0 heterocycles. The normalized spacial score (nSPS) is 18.3. The SMILES string of the molecule is CC(C)c1cc(C(C)C)c([S@](=O)[C]2[CH][CH][CH][C]2[C@H](O)c2ccccc2)c(C(C)C)c1.[CH]1[CH][CH][CH][CH]1.[Fe+2]. The van der Waals surface area contributed by atoms with Crippen molar-refractivity contribution in [2.75, 3.05) is 0 Å². The third kappa shape index (κ3) is 7.79. The van der Waals surface area contributed by atoms with Crippen LogP contribution in [0.5, 0.6) is 0 Å². The zero-order chi connectivity index (χ0) is 25.5. The Morgan fingerprint density at radius 2 is 1.17 bits per heavy atom. The summed E-state index contributed by atoms with van der Waals surface area (Å²) in [7, 11) is -1.37. The van der Waals surface area contributed by atoms with Crippen LogP contribution in [0.15, 0.2) is 47.4 Å². The minimum Gasteiger partial charge on any atom is -0.388 e. The van der Waals surface area contributed by atoms with Crippen molar-refractivity contribution in [2.45, 2.75) is 70.3 Å². The molecule has 10 radical (unpaired) electrons. The van der Waals surface area contributed by atoms with Crippen molar-refractivity contribution in [2.24, 2.45) is 0 Å². The van der Waals surface area contributed by atoms with Crippen LogP contribution in [0.1, 0.15) is 87.7 Å². The van der Waals surface area contributed by atoms with Crippen LogP contribution in [-0.2, 0) is 27.9 Å². The van der Waals surface area contributed by atoms with Gasteiger partial charge in [0, 0.05) is 10.8 Å². The molecule has 0 amide bonds. The van der Waals surface area contributed by atoms with Crippen LogP contribution >= 0.6 is 0 Å². The van der Waals surface area contributed by atoms with E-state index >= 15 is 0 Å². The number of hydrogen-bond acceptors (Lipinski definition) is 2. The van der Waals surface area contributed by atoms with Crippen LogP contribution < -0.4 is 0 Å². The molecule has 0 saturated heterocycles. The van der Waals surface area contributed by atoms with Crippen molar-refractivity contribution in [3.63, 3.8) is 0 Å². The van der Waals surface area contributed by atoms with E-state index in [9.17, 15) is 9.32 Å². The monoisotopic (exact) mass is 542 g/mol. The first-order valence-electron chi connectivity index (χ1n) is 12.5. The van der Waals surface area contributed by atoms with Gasteiger partial charge in [0.05, 0.1) is 22.2 Å². The van der Waals surface area contributed by atoms with E-state index in [0.717, 1.165) is 27.5 Å². The van der Waals surface area contributed by atoms with Crippen molar-refractivity contribution in [1.29, 1.82) is 0 Å². The van der Waals surface area contributed by atoms with Crippen molar-refractivity contribution in [3.8, 4) is 0 Å². The van der Waals surface area contributed by atoms with Gasteiger partial charge in [-0.15, -0.1) is 0 Å². The Labute approximate surface area is 234 Å². The van der Waals surface area contributed by atoms with Crippen molar-refractivity contribution in [3.05, 3.63) is 127 Å². The van der Waals surface area contributed by atoms with Gasteiger partial charge in [0.15, 0.2) is 0 Å². The maximum absolute atomic E-state index is 14.0. The van der Waals surface area contributed by atoms with Gasteiger partial charge in [0.25, 0.3) is 0 Å². The molecule has 1 N–H and O–H groups in total. The Kier molecular flexibility index (Phi) is 12.9. The minimum atomic E-state index is -1.37. The van der Waals surface area contributed by atoms with Gasteiger partial charge < -0.3 is 5.11 Å². The summed E-state index contributed by atoms with van der Waals surface area (Å²) in [6.07, 6.45) is 14.9. The van der Waals surface area contributed by atoms with E-state index in [-0.39, 0.29) is 28.9 Å². The number of aliphatic hydroxyl groups is 1. The molecule has 2 aromatic carbocycles. The van der Waals surface area contributed by atoms with Crippen molar-refractivity contribution in [1.82, 2.24) is 0 Å². The summed E-state index contributed by atoms with van der Waals surface area (Å²) < 4.78 is 14.0. The summed E-state index contributed by atoms with van der Waals surface area (Å²) in [6, 6.07) is 14.0. The predicted molar refractivity (Wildman–Crippen MR) is 147 cm³/mol. The second-order valence-electron chi connectivity index (χ2n) is 9.88. The van der Waals surface area contributed by atoms with Crippen LogP contribution in [0, 0.1) is 62.5 Å². The van der Waals surface area contributed by atoms with Gasteiger partial charge in [-0.25, -0.2) is 0 Å². The number of benzene rings is 2. The molecule has 2 nitrogen and oxygen atoms in total. The smallest absolute Gasteiger partial charge is 0.388 e. The topological polar surface area (TPSA) is 37.3 Å². The zero-order valence-corrected chi connectivity index (χ0v) is 24.0. The second kappa shape index (κ2) is 14.9. The largest absolute Gasteiger partial charge is 2.00 e. The number of rotatable bonds is 7. The van der Waals surface area contributed by atoms with E-state index < -0.39 is 16.9 Å². The van der Waals surface area contributed by atoms with E-state index in [1.165, 1.54) is 5.56 Å². The third-order valence-electron chi connectivity index (χ3n) is 6.24. The van der Waals surface area contributed by atoms with Crippen LogP contribution in [0.2, 0.25) is 0 Å². The Hall–Kier alpha value is -0.931. The van der Waals surface area contributed by atoms with Crippen LogP contribution in [0.4, 0.5) is 0 Å². The summed E-state index contributed by atoms with van der Waals surface area (Å²) in [6.45, 7) is 13.0. The molecule has 36 heavy (non-hydrogen) atoms. The molecular formula is C32H38FeO2S+2. The molecule has 4 rings (SSSR count). The first-order valence-corrected chi connectivity index (χ1v) is 13.6. The van der Waals surface area contributed by atoms with Crippen molar-refractivity contribution >= 4 is 10.8 Å². The average Bonchev–Trinajstić information content (AvgIpc) is 3.58. The van der Waals surface area contributed by atoms with Gasteiger partial charge in [0.1, 0.15) is 0 Å². The summed E-state index contributed by atoms with van der Waals surface area (Å²) in [5.41, 5.74) is 4.38. The summed E-state index contributed by atoms with van der Waals surface area (Å²) in [4.78, 5) is 0.914. The quantitative estimate of drug-likeness (QED) is 0.365. The summed E-state index contributed by atoms with van der Waals surface area (Å²) >= 11 is 0. The Bertz CT molecular complexity index is 913. The Morgan fingerprint density at radius 1 is 0.667 bits per heavy atom. The zero-order valence-electron chi connectivity index (χ0n) is 22.1. The van der Waals surface area contributed by atoms with E-state index in [0.29, 0.717) is 11.2 Å². The van der Waals surface area contributed by atoms with E-state index in [1.54, 1.807) is 0 Å². The van der Waals surface area contributed by atoms with Crippen LogP contribution in [0.3, 0.4) is 0 Å². The van der Waals surface area contributed by atoms with E-state index in [2.05, 4.69) is 53.7 Å². The molecule has 0 aliphatic heterocycles. The molecule has 4 heteroatoms. The fourth-order valence-electron chi connectivity index (χ4n) is 4.16. The molecular weight excluding hydrogens is 504 g/mol. The number of aliphatic hydroxyl groups excluding tert-OH is 1. The molecule has 0 bridgehead atoms. The molecule has 2 atom stereocenters. The standard InChI is InChI=1S/C27H33O2S.C5H5.Fe/c1-17(2)21-15-23(18(3)4)27(24(16-21)19(5)6)30(29)25-14-10-13-22(25)26(28)20-11-8-7-9-12-20;1-2-4-5-3-1;/h7-19,26,28H,1-6H3;1-5H;/q;;+2/t26-,30-;;/m1../s1. The van der Waals surface area contributed by atoms with E-state index in [4.69, 9.17) is 0 Å². The van der Waals surface area contributed by atoms with Crippen molar-refractivity contribution < 1.29 is 26.4 Å². The minimum absolute atomic E-state index is 0. The fourth-order valence-corrected chi connectivity index (χ4v) is 5.99. The summed E-state index contributed by atoms with van der Waals surface area (Å²) in [5.74, 6) is 1.66. The van der Waals surface area contributed by atoms with Gasteiger partial charge >= 0.3 is 17.1 Å². The number of hydrogen-bond donors (Lipinski definition) is 1. The molecule has 0 unspecified atom stereocenters. The predicted octanol–water partition coefficient (Wildman–Crippen LogP) is 7.65. The molecule has 2 aliphatic carbocycles. The van der Waals surface area contributed by atoms with Gasteiger partial charge in [-0.05, 0) is 91.4 Å². The van der Waals surface area contributed by atoms with Gasteiger partial charge in [0.2, 0.25) is 0 Å². The first kappa shape index (κ1) is 31.3. The van der Waals surface area contributed by atoms with Gasteiger partial charge in [-0.1, -0.05) is 84.0 Å². The average molecular weight is 543 g/mol. The first-order chi connectivity index (χ1) is 16.7. The second-order valence-corrected chi connectivity index (χ2v) is 11.3. The Balaban J connectivity index is 0.000000678. The molecule has 190 valence electrons. The molecule has 0 spiro atoms. The van der Waals surface area contributed by atoms with E-state index in [1.807, 2.05) is 81.7 Å². The third-order valence-corrected chi connectivity index (χ3v) is 7.85. The molecule has 2 aromatic rings. The van der Waals surface area contributed by atoms with Gasteiger partial charge in [-0.2, -0.15) is 0 Å². The molecule has 2 fully saturated rings. The van der Waals surface area contributed by atoms with Crippen LogP contribution in [0.25, 0.3) is 0 Å². The summed E-state index contributed by atoms with van der Waals surface area (Å²) in [5, 5.41) is 11.7. The molecule has 2 aliphatic rings. The van der Waals surface area contributed by atoms with Crippen LogP contribution in [-0.4, -0.2) is 9.32 Å². The maximum Gasteiger partial charge on any atom is 2.00 e.